The van der Waals surface area contributed by atoms with Crippen molar-refractivity contribution in [2.75, 3.05) is 0 Å². The van der Waals surface area contributed by atoms with E-state index in [2.05, 4.69) is 56.9 Å². The maximum Gasteiger partial charge on any atom is 0.197 e. The van der Waals surface area contributed by atoms with Crippen molar-refractivity contribution in [3.63, 3.8) is 0 Å². The summed E-state index contributed by atoms with van der Waals surface area (Å²) in [4.78, 5) is 8.97. The SMILES string of the molecule is Cn1cnnc1Sc1cc(Br)nc(C(C)(C)C)n1. The van der Waals surface area contributed by atoms with Crippen molar-refractivity contribution in [3.8, 4) is 0 Å². The highest BCUT2D eigenvalue weighted by Gasteiger charge is 2.19. The van der Waals surface area contributed by atoms with Crippen LogP contribution in [0.4, 0.5) is 0 Å². The molecule has 96 valence electrons. The summed E-state index contributed by atoms with van der Waals surface area (Å²) in [5.74, 6) is 0.807. The van der Waals surface area contributed by atoms with Crippen LogP contribution in [0.3, 0.4) is 0 Å². The fraction of sp³-hybridized carbons (Fsp3) is 0.455. The Morgan fingerprint density at radius 2 is 2.00 bits per heavy atom. The Balaban J connectivity index is 2.35. The minimum absolute atomic E-state index is 0.0843. The first-order chi connectivity index (χ1) is 8.36. The fourth-order valence-electron chi connectivity index (χ4n) is 1.24. The first kappa shape index (κ1) is 13.5. The van der Waals surface area contributed by atoms with E-state index in [1.54, 1.807) is 6.33 Å². The number of nitrogens with zero attached hydrogens (tertiary/aromatic N) is 5. The highest BCUT2D eigenvalue weighted by atomic mass is 79.9. The van der Waals surface area contributed by atoms with E-state index in [1.807, 2.05) is 17.7 Å². The molecule has 0 saturated heterocycles. The third kappa shape index (κ3) is 3.08. The van der Waals surface area contributed by atoms with Crippen molar-refractivity contribution in [3.05, 3.63) is 22.8 Å². The first-order valence-electron chi connectivity index (χ1n) is 5.43. The molecule has 18 heavy (non-hydrogen) atoms. The van der Waals surface area contributed by atoms with Gasteiger partial charge in [0.2, 0.25) is 0 Å². The minimum atomic E-state index is -0.0843. The Labute approximate surface area is 119 Å². The average molecular weight is 328 g/mol. The van der Waals surface area contributed by atoms with Crippen molar-refractivity contribution < 1.29 is 0 Å². The Bertz CT molecular complexity index is 561. The molecule has 2 heterocycles. The third-order valence-corrected chi connectivity index (χ3v) is 3.58. The van der Waals surface area contributed by atoms with Gasteiger partial charge in [0, 0.05) is 18.5 Å². The van der Waals surface area contributed by atoms with E-state index in [1.165, 1.54) is 11.8 Å². The molecule has 0 amide bonds. The summed E-state index contributed by atoms with van der Waals surface area (Å²) in [7, 11) is 1.91. The molecule has 2 aromatic rings. The van der Waals surface area contributed by atoms with Crippen molar-refractivity contribution in [1.82, 2.24) is 24.7 Å². The van der Waals surface area contributed by atoms with Gasteiger partial charge in [-0.05, 0) is 27.7 Å². The molecule has 0 atom stereocenters. The average Bonchev–Trinajstić information content (AvgIpc) is 2.62. The summed E-state index contributed by atoms with van der Waals surface area (Å²) in [6.07, 6.45) is 1.67. The molecule has 2 aromatic heterocycles. The topological polar surface area (TPSA) is 56.5 Å². The van der Waals surface area contributed by atoms with Crippen LogP contribution >= 0.6 is 27.7 Å². The highest BCUT2D eigenvalue weighted by Crippen LogP contribution is 2.28. The van der Waals surface area contributed by atoms with E-state index in [0.717, 1.165) is 20.6 Å². The van der Waals surface area contributed by atoms with E-state index >= 15 is 0 Å². The number of aryl methyl sites for hydroxylation is 1. The van der Waals surface area contributed by atoms with Crippen LogP contribution in [0.15, 0.2) is 27.2 Å². The maximum atomic E-state index is 4.56. The molecular weight excluding hydrogens is 314 g/mol. The zero-order valence-electron chi connectivity index (χ0n) is 10.7. The Morgan fingerprint density at radius 3 is 2.56 bits per heavy atom. The van der Waals surface area contributed by atoms with Gasteiger partial charge in [-0.3, -0.25) is 0 Å². The van der Waals surface area contributed by atoms with Crippen molar-refractivity contribution in [2.24, 2.45) is 7.05 Å². The molecule has 0 fully saturated rings. The van der Waals surface area contributed by atoms with Gasteiger partial charge in [-0.2, -0.15) is 0 Å². The van der Waals surface area contributed by atoms with Crippen LogP contribution < -0.4 is 0 Å². The fourth-order valence-corrected chi connectivity index (χ4v) is 2.55. The summed E-state index contributed by atoms with van der Waals surface area (Å²) in [5.41, 5.74) is -0.0843. The second-order valence-electron chi connectivity index (χ2n) is 4.93. The Kier molecular flexibility index (Phi) is 3.72. The molecule has 0 N–H and O–H groups in total. The molecule has 5 nitrogen and oxygen atoms in total. The molecule has 0 aliphatic heterocycles. The van der Waals surface area contributed by atoms with Gasteiger partial charge in [-0.15, -0.1) is 10.2 Å². The summed E-state index contributed by atoms with van der Waals surface area (Å²) >= 11 is 4.89. The van der Waals surface area contributed by atoms with Crippen molar-refractivity contribution in [2.45, 2.75) is 36.4 Å². The van der Waals surface area contributed by atoms with E-state index in [4.69, 9.17) is 0 Å². The van der Waals surface area contributed by atoms with Gasteiger partial charge in [0.05, 0.1) is 0 Å². The summed E-state index contributed by atoms with van der Waals surface area (Å²) in [5, 5.41) is 9.55. The molecule has 0 spiro atoms. The van der Waals surface area contributed by atoms with Crippen LogP contribution in [0.1, 0.15) is 26.6 Å². The molecule has 0 aliphatic carbocycles. The van der Waals surface area contributed by atoms with Gasteiger partial charge < -0.3 is 4.57 Å². The number of rotatable bonds is 2. The summed E-state index contributed by atoms with van der Waals surface area (Å²) < 4.78 is 2.64. The summed E-state index contributed by atoms with van der Waals surface area (Å²) in [6.45, 7) is 6.27. The lowest BCUT2D eigenvalue weighted by Gasteiger charge is -2.17. The smallest absolute Gasteiger partial charge is 0.197 e. The van der Waals surface area contributed by atoms with Crippen LogP contribution in [0.2, 0.25) is 0 Å². The number of hydrogen-bond acceptors (Lipinski definition) is 5. The minimum Gasteiger partial charge on any atom is -0.311 e. The molecule has 2 rings (SSSR count). The largest absolute Gasteiger partial charge is 0.311 e. The van der Waals surface area contributed by atoms with Crippen LogP contribution in [0, 0.1) is 0 Å². The quantitative estimate of drug-likeness (QED) is 0.794. The predicted molar refractivity (Wildman–Crippen MR) is 73.6 cm³/mol. The van der Waals surface area contributed by atoms with Crippen LogP contribution in [0.5, 0.6) is 0 Å². The van der Waals surface area contributed by atoms with Crippen LogP contribution in [0.25, 0.3) is 0 Å². The molecular formula is C11H14BrN5S. The lowest BCUT2D eigenvalue weighted by molar-refractivity contribution is 0.536. The van der Waals surface area contributed by atoms with Gasteiger partial charge >= 0.3 is 0 Å². The van der Waals surface area contributed by atoms with E-state index in [0.29, 0.717) is 0 Å². The Morgan fingerprint density at radius 1 is 1.28 bits per heavy atom. The molecule has 0 saturated carbocycles. The van der Waals surface area contributed by atoms with Crippen molar-refractivity contribution in [1.29, 1.82) is 0 Å². The van der Waals surface area contributed by atoms with Crippen LogP contribution in [-0.4, -0.2) is 24.7 Å². The number of hydrogen-bond donors (Lipinski definition) is 0. The second kappa shape index (κ2) is 4.97. The number of aromatic nitrogens is 5. The molecule has 0 unspecified atom stereocenters. The van der Waals surface area contributed by atoms with Gasteiger partial charge in [-0.25, -0.2) is 9.97 Å². The van der Waals surface area contributed by atoms with E-state index in [9.17, 15) is 0 Å². The van der Waals surface area contributed by atoms with Gasteiger partial charge in [-0.1, -0.05) is 20.8 Å². The molecule has 7 heteroatoms. The first-order valence-corrected chi connectivity index (χ1v) is 7.04. The normalized spacial score (nSPS) is 11.8. The Hall–Kier alpha value is -0.950. The van der Waals surface area contributed by atoms with E-state index < -0.39 is 0 Å². The second-order valence-corrected chi connectivity index (χ2v) is 6.73. The van der Waals surface area contributed by atoms with Gasteiger partial charge in [0.15, 0.2) is 5.16 Å². The lowest BCUT2D eigenvalue weighted by Crippen LogP contribution is -2.16. The standard InChI is InChI=1S/C11H14BrN5S/c1-11(2,3)9-14-7(12)5-8(15-9)18-10-16-13-6-17(10)4/h5-6H,1-4H3. The number of halogens is 1. The molecule has 0 aliphatic rings. The molecule has 0 bridgehead atoms. The van der Waals surface area contributed by atoms with Crippen LogP contribution in [-0.2, 0) is 12.5 Å². The zero-order chi connectivity index (χ0) is 13.3. The predicted octanol–water partition coefficient (Wildman–Crippen LogP) is 2.82. The zero-order valence-corrected chi connectivity index (χ0v) is 13.1. The molecule has 0 aromatic carbocycles. The monoisotopic (exact) mass is 327 g/mol. The molecule has 0 radical (unpaired) electrons. The van der Waals surface area contributed by atoms with Crippen molar-refractivity contribution >= 4 is 27.7 Å². The van der Waals surface area contributed by atoms with Gasteiger partial charge in [0.25, 0.3) is 0 Å². The third-order valence-electron chi connectivity index (χ3n) is 2.21. The van der Waals surface area contributed by atoms with Gasteiger partial charge in [0.1, 0.15) is 21.8 Å². The summed E-state index contributed by atoms with van der Waals surface area (Å²) in [6, 6.07) is 1.88. The lowest BCUT2D eigenvalue weighted by atomic mass is 9.96. The maximum absolute atomic E-state index is 4.56. The highest BCUT2D eigenvalue weighted by molar-refractivity contribution is 9.10. The van der Waals surface area contributed by atoms with E-state index in [-0.39, 0.29) is 5.41 Å².